The average Bonchev–Trinajstić information content (AvgIpc) is 2.13. The molecule has 56 valence electrons. The summed E-state index contributed by atoms with van der Waals surface area (Å²) in [5, 5.41) is 3.58. The van der Waals surface area contributed by atoms with Crippen molar-refractivity contribution in [3.05, 3.63) is 17.5 Å². The van der Waals surface area contributed by atoms with E-state index >= 15 is 0 Å². The molecule has 0 bridgehead atoms. The van der Waals surface area contributed by atoms with E-state index in [0.29, 0.717) is 10.4 Å². The predicted octanol–water partition coefficient (Wildman–Crippen LogP) is 1.90. The molecule has 0 saturated carbocycles. The molecule has 2 nitrogen and oxygen atoms in total. The van der Waals surface area contributed by atoms with Crippen molar-refractivity contribution in [1.82, 2.24) is 9.78 Å². The smallest absolute Gasteiger partial charge is 0.211 e. The zero-order valence-corrected chi connectivity index (χ0v) is 5.81. The van der Waals surface area contributed by atoms with Gasteiger partial charge in [-0.05, 0) is 19.4 Å². The van der Waals surface area contributed by atoms with Gasteiger partial charge in [0.2, 0.25) is 0 Å². The standard InChI is InChI=1S/C6H8F2N2/c1-4-3-10(6(7)8)9-5(4)2/h3,6H,1-2H3. The minimum Gasteiger partial charge on any atom is -0.211 e. The molecule has 0 aliphatic rings. The van der Waals surface area contributed by atoms with Gasteiger partial charge in [0, 0.05) is 6.20 Å². The zero-order chi connectivity index (χ0) is 7.72. The van der Waals surface area contributed by atoms with Gasteiger partial charge in [-0.1, -0.05) is 0 Å². The summed E-state index contributed by atoms with van der Waals surface area (Å²) in [5.41, 5.74) is 1.45. The lowest BCUT2D eigenvalue weighted by molar-refractivity contribution is 0.0562. The first-order valence-electron chi connectivity index (χ1n) is 2.92. The Morgan fingerprint density at radius 2 is 2.10 bits per heavy atom. The van der Waals surface area contributed by atoms with Gasteiger partial charge >= 0.3 is 6.55 Å². The molecule has 4 heteroatoms. The van der Waals surface area contributed by atoms with Gasteiger partial charge in [0.25, 0.3) is 0 Å². The Bertz CT molecular complexity index is 210. The van der Waals surface area contributed by atoms with Gasteiger partial charge in [0.05, 0.1) is 5.69 Å². The highest BCUT2D eigenvalue weighted by molar-refractivity contribution is 5.12. The van der Waals surface area contributed by atoms with Crippen LogP contribution in [0.4, 0.5) is 8.78 Å². The lowest BCUT2D eigenvalue weighted by atomic mass is 10.3. The number of alkyl halides is 2. The number of rotatable bonds is 1. The van der Waals surface area contributed by atoms with Gasteiger partial charge in [-0.25, -0.2) is 4.68 Å². The largest absolute Gasteiger partial charge is 0.333 e. The van der Waals surface area contributed by atoms with Gasteiger partial charge in [-0.2, -0.15) is 13.9 Å². The minimum atomic E-state index is -2.52. The lowest BCUT2D eigenvalue weighted by Crippen LogP contribution is -1.97. The van der Waals surface area contributed by atoms with Crippen LogP contribution in [-0.2, 0) is 0 Å². The van der Waals surface area contributed by atoms with Crippen LogP contribution in [0.15, 0.2) is 6.20 Å². The quantitative estimate of drug-likeness (QED) is 0.591. The molecule has 0 amide bonds. The molecule has 10 heavy (non-hydrogen) atoms. The summed E-state index contributed by atoms with van der Waals surface area (Å²) in [4.78, 5) is 0. The highest BCUT2D eigenvalue weighted by Gasteiger charge is 2.07. The SMILES string of the molecule is Cc1cn(C(F)F)nc1C. The molecule has 0 saturated heterocycles. The van der Waals surface area contributed by atoms with Crippen LogP contribution in [0.5, 0.6) is 0 Å². The Hall–Kier alpha value is -0.930. The summed E-state index contributed by atoms with van der Waals surface area (Å²) in [7, 11) is 0. The van der Waals surface area contributed by atoms with Crippen molar-refractivity contribution in [2.75, 3.05) is 0 Å². The van der Waals surface area contributed by atoms with E-state index in [9.17, 15) is 8.78 Å². The van der Waals surface area contributed by atoms with E-state index in [1.165, 1.54) is 6.20 Å². The first-order valence-corrected chi connectivity index (χ1v) is 2.92. The molecular weight excluding hydrogens is 138 g/mol. The highest BCUT2D eigenvalue weighted by Crippen LogP contribution is 2.11. The first-order chi connectivity index (χ1) is 4.61. The van der Waals surface area contributed by atoms with Crippen molar-refractivity contribution in [2.24, 2.45) is 0 Å². The van der Waals surface area contributed by atoms with Crippen molar-refractivity contribution in [3.63, 3.8) is 0 Å². The Balaban J connectivity index is 2.98. The zero-order valence-electron chi connectivity index (χ0n) is 5.81. The van der Waals surface area contributed by atoms with Crippen molar-refractivity contribution < 1.29 is 8.78 Å². The van der Waals surface area contributed by atoms with E-state index in [0.717, 1.165) is 5.56 Å². The molecule has 0 atom stereocenters. The highest BCUT2D eigenvalue weighted by atomic mass is 19.3. The molecule has 0 unspecified atom stereocenters. The summed E-state index contributed by atoms with van der Waals surface area (Å²) in [5.74, 6) is 0. The molecule has 1 aromatic rings. The fourth-order valence-corrected chi connectivity index (χ4v) is 0.673. The van der Waals surface area contributed by atoms with Crippen LogP contribution in [0, 0.1) is 13.8 Å². The fraction of sp³-hybridized carbons (Fsp3) is 0.500. The summed E-state index contributed by atoms with van der Waals surface area (Å²) >= 11 is 0. The molecule has 1 heterocycles. The molecule has 0 N–H and O–H groups in total. The maximum atomic E-state index is 11.9. The van der Waals surface area contributed by atoms with E-state index in [2.05, 4.69) is 5.10 Å². The van der Waals surface area contributed by atoms with E-state index in [1.54, 1.807) is 13.8 Å². The number of halogens is 2. The van der Waals surface area contributed by atoms with Crippen LogP contribution in [0.2, 0.25) is 0 Å². The van der Waals surface area contributed by atoms with E-state index in [-0.39, 0.29) is 0 Å². The second kappa shape index (κ2) is 2.36. The monoisotopic (exact) mass is 146 g/mol. The topological polar surface area (TPSA) is 17.8 Å². The van der Waals surface area contributed by atoms with Gasteiger partial charge in [-0.15, -0.1) is 0 Å². The van der Waals surface area contributed by atoms with E-state index in [4.69, 9.17) is 0 Å². The third-order valence-electron chi connectivity index (χ3n) is 1.36. The Labute approximate surface area is 57.5 Å². The molecule has 0 fully saturated rings. The normalized spacial score (nSPS) is 10.9. The average molecular weight is 146 g/mol. The van der Waals surface area contributed by atoms with Gasteiger partial charge in [0.1, 0.15) is 0 Å². The maximum absolute atomic E-state index is 11.9. The third kappa shape index (κ3) is 1.15. The fourth-order valence-electron chi connectivity index (χ4n) is 0.673. The van der Waals surface area contributed by atoms with Crippen LogP contribution in [0.3, 0.4) is 0 Å². The van der Waals surface area contributed by atoms with Crippen molar-refractivity contribution in [2.45, 2.75) is 20.4 Å². The molecule has 0 aliphatic carbocycles. The van der Waals surface area contributed by atoms with Crippen molar-refractivity contribution in [1.29, 1.82) is 0 Å². The molecule has 1 aromatic heterocycles. The molecular formula is C6H8F2N2. The number of hydrogen-bond donors (Lipinski definition) is 0. The van der Waals surface area contributed by atoms with Crippen LogP contribution < -0.4 is 0 Å². The predicted molar refractivity (Wildman–Crippen MR) is 33.0 cm³/mol. The Morgan fingerprint density at radius 3 is 2.30 bits per heavy atom. The van der Waals surface area contributed by atoms with Crippen LogP contribution >= 0.6 is 0 Å². The van der Waals surface area contributed by atoms with Crippen molar-refractivity contribution in [3.8, 4) is 0 Å². The summed E-state index contributed by atoms with van der Waals surface area (Å²) in [6, 6.07) is 0. The second-order valence-electron chi connectivity index (χ2n) is 2.16. The lowest BCUT2D eigenvalue weighted by Gasteiger charge is -1.94. The maximum Gasteiger partial charge on any atom is 0.333 e. The van der Waals surface area contributed by atoms with Crippen molar-refractivity contribution >= 4 is 0 Å². The number of hydrogen-bond acceptors (Lipinski definition) is 1. The Morgan fingerprint density at radius 1 is 1.50 bits per heavy atom. The minimum absolute atomic E-state index is 0.653. The summed E-state index contributed by atoms with van der Waals surface area (Å²) < 4.78 is 24.4. The van der Waals surface area contributed by atoms with Gasteiger partial charge in [0.15, 0.2) is 0 Å². The van der Waals surface area contributed by atoms with Crippen LogP contribution in [0.25, 0.3) is 0 Å². The van der Waals surface area contributed by atoms with Crippen LogP contribution in [-0.4, -0.2) is 9.78 Å². The first kappa shape index (κ1) is 7.18. The van der Waals surface area contributed by atoms with Gasteiger partial charge < -0.3 is 0 Å². The molecule has 0 aromatic carbocycles. The number of aromatic nitrogens is 2. The number of nitrogens with zero attached hydrogens (tertiary/aromatic N) is 2. The van der Waals surface area contributed by atoms with E-state index in [1.807, 2.05) is 0 Å². The Kier molecular flexibility index (Phi) is 1.70. The molecule has 1 rings (SSSR count). The second-order valence-corrected chi connectivity index (χ2v) is 2.16. The number of aryl methyl sites for hydroxylation is 2. The van der Waals surface area contributed by atoms with Crippen LogP contribution in [0.1, 0.15) is 17.8 Å². The molecule has 0 spiro atoms. The summed E-state index contributed by atoms with van der Waals surface area (Å²) in [6.45, 7) is 0.933. The molecule has 0 radical (unpaired) electrons. The molecule has 0 aliphatic heterocycles. The van der Waals surface area contributed by atoms with Gasteiger partial charge in [-0.3, -0.25) is 0 Å². The summed E-state index contributed by atoms with van der Waals surface area (Å²) in [6.07, 6.45) is 1.33. The van der Waals surface area contributed by atoms with E-state index < -0.39 is 6.55 Å². The third-order valence-corrected chi connectivity index (χ3v) is 1.36.